The lowest BCUT2D eigenvalue weighted by molar-refractivity contribution is 0.393. The zero-order valence-electron chi connectivity index (χ0n) is 16.4. The highest BCUT2D eigenvalue weighted by molar-refractivity contribution is 5.32. The van der Waals surface area contributed by atoms with E-state index in [1.165, 1.54) is 9.13 Å². The summed E-state index contributed by atoms with van der Waals surface area (Å²) in [6.07, 6.45) is 0.245. The van der Waals surface area contributed by atoms with E-state index in [4.69, 9.17) is 0 Å². The largest absolute Gasteiger partial charge is 0.494 e. The quantitative estimate of drug-likeness (QED) is 0.541. The van der Waals surface area contributed by atoms with E-state index in [-0.39, 0.29) is 31.0 Å². The van der Waals surface area contributed by atoms with Crippen molar-refractivity contribution in [1.29, 1.82) is 0 Å². The van der Waals surface area contributed by atoms with Crippen LogP contribution < -0.4 is 11.2 Å². The SMILES string of the molecule is O=c1c(Cc2ccccc2)c(O)n(Cc2ccccc2)c(=O)n1Cc1ccccc1. The second kappa shape index (κ2) is 8.66. The van der Waals surface area contributed by atoms with Crippen molar-refractivity contribution in [3.8, 4) is 5.88 Å². The predicted molar refractivity (Wildman–Crippen MR) is 117 cm³/mol. The number of rotatable bonds is 6. The Kier molecular flexibility index (Phi) is 5.61. The van der Waals surface area contributed by atoms with Gasteiger partial charge >= 0.3 is 5.69 Å². The molecule has 1 heterocycles. The number of nitrogens with zero attached hydrogens (tertiary/aromatic N) is 2. The first kappa shape index (κ1) is 19.5. The van der Waals surface area contributed by atoms with E-state index in [1.54, 1.807) is 0 Å². The van der Waals surface area contributed by atoms with Gasteiger partial charge in [-0.05, 0) is 16.7 Å². The van der Waals surface area contributed by atoms with Gasteiger partial charge < -0.3 is 5.11 Å². The zero-order valence-corrected chi connectivity index (χ0v) is 16.4. The van der Waals surface area contributed by atoms with Crippen LogP contribution in [0.2, 0.25) is 0 Å². The molecule has 1 aromatic heterocycles. The van der Waals surface area contributed by atoms with Gasteiger partial charge in [0.15, 0.2) is 0 Å². The molecular weight excluding hydrogens is 376 g/mol. The molecule has 0 unspecified atom stereocenters. The Labute approximate surface area is 174 Å². The van der Waals surface area contributed by atoms with E-state index < -0.39 is 11.2 Å². The maximum atomic E-state index is 13.2. The molecule has 0 bridgehead atoms. The van der Waals surface area contributed by atoms with E-state index in [9.17, 15) is 14.7 Å². The average Bonchev–Trinajstić information content (AvgIpc) is 2.79. The van der Waals surface area contributed by atoms with Gasteiger partial charge in [0.1, 0.15) is 0 Å². The summed E-state index contributed by atoms with van der Waals surface area (Å²) in [6, 6.07) is 28.2. The molecule has 0 radical (unpaired) electrons. The molecule has 150 valence electrons. The molecular formula is C25H22N2O3. The zero-order chi connectivity index (χ0) is 20.9. The highest BCUT2D eigenvalue weighted by atomic mass is 16.3. The Morgan fingerprint density at radius 2 is 1.03 bits per heavy atom. The summed E-state index contributed by atoms with van der Waals surface area (Å²) in [4.78, 5) is 26.4. The maximum Gasteiger partial charge on any atom is 0.334 e. The van der Waals surface area contributed by atoms with Crippen LogP contribution in [-0.2, 0) is 19.5 Å². The topological polar surface area (TPSA) is 64.2 Å². The molecule has 4 rings (SSSR count). The molecule has 0 aliphatic carbocycles. The molecule has 0 aliphatic rings. The highest BCUT2D eigenvalue weighted by Gasteiger charge is 2.19. The normalized spacial score (nSPS) is 10.8. The highest BCUT2D eigenvalue weighted by Crippen LogP contribution is 2.17. The fourth-order valence-electron chi connectivity index (χ4n) is 3.51. The van der Waals surface area contributed by atoms with Crippen molar-refractivity contribution in [1.82, 2.24) is 9.13 Å². The van der Waals surface area contributed by atoms with Gasteiger partial charge in [-0.15, -0.1) is 0 Å². The number of benzene rings is 3. The Morgan fingerprint density at radius 3 is 1.53 bits per heavy atom. The summed E-state index contributed by atoms with van der Waals surface area (Å²) in [6.45, 7) is 0.331. The molecule has 0 atom stereocenters. The lowest BCUT2D eigenvalue weighted by atomic mass is 10.1. The molecule has 0 fully saturated rings. The van der Waals surface area contributed by atoms with Crippen molar-refractivity contribution in [2.24, 2.45) is 0 Å². The van der Waals surface area contributed by atoms with Gasteiger partial charge in [-0.1, -0.05) is 91.0 Å². The number of aromatic hydroxyl groups is 1. The van der Waals surface area contributed by atoms with Crippen LogP contribution in [0.5, 0.6) is 5.88 Å². The lowest BCUT2D eigenvalue weighted by Crippen LogP contribution is -2.42. The first-order valence-electron chi connectivity index (χ1n) is 9.81. The van der Waals surface area contributed by atoms with E-state index in [2.05, 4.69) is 0 Å². The van der Waals surface area contributed by atoms with Crippen molar-refractivity contribution >= 4 is 0 Å². The fraction of sp³-hybridized carbons (Fsp3) is 0.120. The maximum absolute atomic E-state index is 13.2. The molecule has 3 aromatic carbocycles. The van der Waals surface area contributed by atoms with Crippen LogP contribution in [-0.4, -0.2) is 14.2 Å². The van der Waals surface area contributed by atoms with Crippen molar-refractivity contribution < 1.29 is 5.11 Å². The minimum absolute atomic E-state index is 0.148. The van der Waals surface area contributed by atoms with Gasteiger partial charge in [-0.2, -0.15) is 0 Å². The third kappa shape index (κ3) is 4.10. The van der Waals surface area contributed by atoms with Gasteiger partial charge in [-0.3, -0.25) is 13.9 Å². The molecule has 1 N–H and O–H groups in total. The van der Waals surface area contributed by atoms with E-state index in [1.807, 2.05) is 91.0 Å². The Hall–Kier alpha value is -3.86. The standard InChI is InChI=1S/C25H22N2O3/c28-23-22(16-19-10-4-1-5-11-19)24(29)27(18-21-14-8-3-9-15-21)25(30)26(23)17-20-12-6-2-7-13-20/h1-15,28H,16-18H2. The van der Waals surface area contributed by atoms with Crippen LogP contribution in [0.4, 0.5) is 0 Å². The lowest BCUT2D eigenvalue weighted by Gasteiger charge is -2.16. The van der Waals surface area contributed by atoms with Gasteiger partial charge in [0.25, 0.3) is 5.56 Å². The number of hydrogen-bond acceptors (Lipinski definition) is 3. The van der Waals surface area contributed by atoms with Crippen molar-refractivity contribution in [3.05, 3.63) is 134 Å². The van der Waals surface area contributed by atoms with Gasteiger partial charge in [-0.25, -0.2) is 4.79 Å². The minimum Gasteiger partial charge on any atom is -0.494 e. The second-order valence-electron chi connectivity index (χ2n) is 7.20. The monoisotopic (exact) mass is 398 g/mol. The first-order valence-corrected chi connectivity index (χ1v) is 9.81. The molecule has 30 heavy (non-hydrogen) atoms. The summed E-state index contributed by atoms with van der Waals surface area (Å²) in [7, 11) is 0. The molecule has 0 amide bonds. The summed E-state index contributed by atoms with van der Waals surface area (Å²) < 4.78 is 2.48. The van der Waals surface area contributed by atoms with Crippen molar-refractivity contribution in [2.45, 2.75) is 19.5 Å². The van der Waals surface area contributed by atoms with Crippen molar-refractivity contribution in [3.63, 3.8) is 0 Å². The van der Waals surface area contributed by atoms with Crippen LogP contribution in [0.1, 0.15) is 22.3 Å². The Balaban J connectivity index is 1.86. The number of hydrogen-bond donors (Lipinski definition) is 1. The first-order chi connectivity index (χ1) is 14.6. The van der Waals surface area contributed by atoms with Crippen LogP contribution in [0.3, 0.4) is 0 Å². The fourth-order valence-corrected chi connectivity index (χ4v) is 3.51. The molecule has 0 saturated heterocycles. The van der Waals surface area contributed by atoms with Gasteiger partial charge in [0.2, 0.25) is 5.88 Å². The summed E-state index contributed by atoms with van der Waals surface area (Å²) in [5, 5.41) is 10.9. The minimum atomic E-state index is -0.526. The summed E-state index contributed by atoms with van der Waals surface area (Å²) in [5.74, 6) is -0.276. The number of aromatic nitrogens is 2. The van der Waals surface area contributed by atoms with Crippen LogP contribution in [0.25, 0.3) is 0 Å². The molecule has 0 spiro atoms. The Morgan fingerprint density at radius 1 is 0.600 bits per heavy atom. The van der Waals surface area contributed by atoms with E-state index >= 15 is 0 Å². The van der Waals surface area contributed by atoms with E-state index in [0.717, 1.165) is 16.7 Å². The smallest absolute Gasteiger partial charge is 0.334 e. The molecule has 4 aromatic rings. The molecule has 0 aliphatic heterocycles. The van der Waals surface area contributed by atoms with Crippen LogP contribution in [0.15, 0.2) is 101 Å². The van der Waals surface area contributed by atoms with Gasteiger partial charge in [0.05, 0.1) is 18.7 Å². The van der Waals surface area contributed by atoms with Crippen LogP contribution >= 0.6 is 0 Å². The second-order valence-corrected chi connectivity index (χ2v) is 7.20. The van der Waals surface area contributed by atoms with Crippen molar-refractivity contribution in [2.75, 3.05) is 0 Å². The molecule has 0 saturated carbocycles. The van der Waals surface area contributed by atoms with Gasteiger partial charge in [0, 0.05) is 6.42 Å². The predicted octanol–water partition coefficient (Wildman–Crippen LogP) is 3.40. The molecule has 5 nitrogen and oxygen atoms in total. The third-order valence-electron chi connectivity index (χ3n) is 5.08. The van der Waals surface area contributed by atoms with E-state index in [0.29, 0.717) is 0 Å². The third-order valence-corrected chi connectivity index (χ3v) is 5.08. The van der Waals surface area contributed by atoms with Crippen LogP contribution in [0, 0.1) is 0 Å². The Bertz CT molecular complexity index is 1170. The average molecular weight is 398 g/mol. The summed E-state index contributed by atoms with van der Waals surface area (Å²) >= 11 is 0. The summed E-state index contributed by atoms with van der Waals surface area (Å²) in [5.41, 5.74) is 1.83. The molecule has 5 heteroatoms.